The van der Waals surface area contributed by atoms with E-state index in [2.05, 4.69) is 10.3 Å². The van der Waals surface area contributed by atoms with Crippen LogP contribution in [0.1, 0.15) is 31.3 Å². The van der Waals surface area contributed by atoms with Crippen LogP contribution in [0.4, 0.5) is 9.93 Å². The molecule has 0 saturated heterocycles. The van der Waals surface area contributed by atoms with Crippen LogP contribution in [0.2, 0.25) is 0 Å². The van der Waals surface area contributed by atoms with Crippen molar-refractivity contribution < 1.29 is 14.3 Å². The minimum Gasteiger partial charge on any atom is -0.444 e. The minimum atomic E-state index is -0.600. The lowest BCUT2D eigenvalue weighted by Gasteiger charge is -2.18. The fourth-order valence-electron chi connectivity index (χ4n) is 0.919. The number of thiazole rings is 1. The molecule has 5 nitrogen and oxygen atoms in total. The molecule has 0 aliphatic rings. The van der Waals surface area contributed by atoms with E-state index < -0.39 is 11.7 Å². The van der Waals surface area contributed by atoms with Crippen LogP contribution in [0, 0.1) is 0 Å². The number of aromatic nitrogens is 1. The zero-order valence-electron chi connectivity index (χ0n) is 9.74. The van der Waals surface area contributed by atoms with Gasteiger partial charge in [0.1, 0.15) is 11.3 Å². The van der Waals surface area contributed by atoms with Crippen molar-refractivity contribution in [3.8, 4) is 0 Å². The van der Waals surface area contributed by atoms with Gasteiger partial charge >= 0.3 is 6.09 Å². The molecule has 1 aromatic rings. The fourth-order valence-corrected chi connectivity index (χ4v) is 1.76. The third-order valence-electron chi connectivity index (χ3n) is 1.52. The van der Waals surface area contributed by atoms with Gasteiger partial charge in [-0.3, -0.25) is 10.1 Å². The summed E-state index contributed by atoms with van der Waals surface area (Å²) in [6, 6.07) is 0. The first-order valence-corrected chi connectivity index (χ1v) is 6.28. The summed E-state index contributed by atoms with van der Waals surface area (Å²) in [5.41, 5.74) is -0.327. The summed E-state index contributed by atoms with van der Waals surface area (Å²) < 4.78 is 5.04. The molecule has 94 valence electrons. The maximum absolute atomic E-state index is 11.4. The summed E-state index contributed by atoms with van der Waals surface area (Å²) in [6.45, 7) is 5.28. The minimum absolute atomic E-state index is 0.129. The number of nitrogens with one attached hydrogen (secondary N) is 1. The van der Waals surface area contributed by atoms with E-state index >= 15 is 0 Å². The zero-order valence-corrected chi connectivity index (χ0v) is 11.3. The van der Waals surface area contributed by atoms with E-state index in [-0.39, 0.29) is 17.4 Å². The van der Waals surface area contributed by atoms with Gasteiger partial charge in [-0.2, -0.15) is 0 Å². The number of carbonyl (C=O) groups excluding carboxylic acids is 2. The highest BCUT2D eigenvalue weighted by Crippen LogP contribution is 2.17. The van der Waals surface area contributed by atoms with E-state index in [1.807, 2.05) is 0 Å². The monoisotopic (exact) mass is 276 g/mol. The van der Waals surface area contributed by atoms with Gasteiger partial charge in [0, 0.05) is 5.38 Å². The van der Waals surface area contributed by atoms with Crippen molar-refractivity contribution in [1.29, 1.82) is 0 Å². The Kier molecular flexibility index (Phi) is 4.47. The molecule has 0 aliphatic heterocycles. The number of ether oxygens (including phenoxy) is 1. The van der Waals surface area contributed by atoms with Gasteiger partial charge < -0.3 is 4.74 Å². The van der Waals surface area contributed by atoms with E-state index in [0.29, 0.717) is 5.13 Å². The predicted octanol–water partition coefficient (Wildman–Crippen LogP) is 2.91. The molecular weight excluding hydrogens is 264 g/mol. The average Bonchev–Trinajstić information content (AvgIpc) is 2.62. The van der Waals surface area contributed by atoms with Crippen molar-refractivity contribution in [1.82, 2.24) is 4.98 Å². The van der Waals surface area contributed by atoms with E-state index in [0.717, 1.165) is 11.3 Å². The maximum atomic E-state index is 11.4. The number of carbonyl (C=O) groups is 2. The van der Waals surface area contributed by atoms with Crippen LogP contribution in [0.15, 0.2) is 5.38 Å². The highest BCUT2D eigenvalue weighted by atomic mass is 35.5. The third-order valence-corrected chi connectivity index (χ3v) is 2.52. The first kappa shape index (κ1) is 13.9. The van der Waals surface area contributed by atoms with E-state index in [1.54, 1.807) is 20.8 Å². The van der Waals surface area contributed by atoms with Crippen molar-refractivity contribution in [3.05, 3.63) is 11.1 Å². The Labute approximate surface area is 108 Å². The summed E-state index contributed by atoms with van der Waals surface area (Å²) in [4.78, 5) is 26.5. The number of nitrogens with zero attached hydrogens (tertiary/aromatic N) is 1. The number of ketones is 1. The van der Waals surface area contributed by atoms with Crippen LogP contribution in [0.25, 0.3) is 0 Å². The quantitative estimate of drug-likeness (QED) is 0.681. The summed E-state index contributed by atoms with van der Waals surface area (Å²) >= 11 is 6.54. The number of halogens is 1. The molecule has 1 amide bonds. The standard InChI is InChI=1S/C10H13ClN2O3S/c1-10(2,3)16-9(15)13-8-12-6(5-17-8)7(14)4-11/h5H,4H2,1-3H3,(H,12,13,15). The SMILES string of the molecule is CC(C)(C)OC(=O)Nc1nc(C(=O)CCl)cs1. The van der Waals surface area contributed by atoms with Crippen LogP contribution in [0.3, 0.4) is 0 Å². The van der Waals surface area contributed by atoms with E-state index in [4.69, 9.17) is 16.3 Å². The number of rotatable bonds is 3. The summed E-state index contributed by atoms with van der Waals surface area (Å²) in [5.74, 6) is -0.407. The molecule has 0 bridgehead atoms. The van der Waals surface area contributed by atoms with Gasteiger partial charge in [-0.25, -0.2) is 9.78 Å². The second-order valence-corrected chi connectivity index (χ2v) is 5.35. The van der Waals surface area contributed by atoms with Crippen LogP contribution >= 0.6 is 22.9 Å². The number of anilines is 1. The maximum Gasteiger partial charge on any atom is 0.413 e. The van der Waals surface area contributed by atoms with Crippen LogP contribution < -0.4 is 5.32 Å². The molecule has 0 aromatic carbocycles. The third kappa shape index (κ3) is 4.70. The van der Waals surface area contributed by atoms with Crippen LogP contribution in [0.5, 0.6) is 0 Å². The molecule has 0 radical (unpaired) electrons. The largest absolute Gasteiger partial charge is 0.444 e. The molecule has 1 aromatic heterocycles. The Morgan fingerprint density at radius 2 is 2.18 bits per heavy atom. The molecular formula is C10H13ClN2O3S. The van der Waals surface area contributed by atoms with Gasteiger partial charge in [0.2, 0.25) is 0 Å². The highest BCUT2D eigenvalue weighted by molar-refractivity contribution is 7.14. The second-order valence-electron chi connectivity index (χ2n) is 4.22. The second kappa shape index (κ2) is 5.46. The van der Waals surface area contributed by atoms with E-state index in [1.165, 1.54) is 5.38 Å². The van der Waals surface area contributed by atoms with Gasteiger partial charge in [-0.15, -0.1) is 22.9 Å². The Balaban J connectivity index is 2.61. The average molecular weight is 277 g/mol. The van der Waals surface area contributed by atoms with Crippen molar-refractivity contribution >= 4 is 39.9 Å². The first-order valence-electron chi connectivity index (χ1n) is 4.86. The number of alkyl halides is 1. The summed E-state index contributed by atoms with van der Waals surface area (Å²) in [7, 11) is 0. The Bertz CT molecular complexity index is 425. The topological polar surface area (TPSA) is 68.3 Å². The molecule has 1 heterocycles. The summed E-state index contributed by atoms with van der Waals surface area (Å²) in [6.07, 6.45) is -0.600. The summed E-state index contributed by atoms with van der Waals surface area (Å²) in [5, 5.41) is 4.30. The van der Waals surface area contributed by atoms with Gasteiger partial charge in [-0.1, -0.05) is 0 Å². The molecule has 0 fully saturated rings. The van der Waals surface area contributed by atoms with Crippen molar-refractivity contribution in [2.45, 2.75) is 26.4 Å². The first-order chi connectivity index (χ1) is 7.81. The van der Waals surface area contributed by atoms with E-state index in [9.17, 15) is 9.59 Å². The molecule has 1 N–H and O–H groups in total. The Hall–Kier alpha value is -1.14. The molecule has 0 aliphatic carbocycles. The van der Waals surface area contributed by atoms with Gasteiger partial charge in [-0.05, 0) is 20.8 Å². The lowest BCUT2D eigenvalue weighted by molar-refractivity contribution is 0.0635. The lowest BCUT2D eigenvalue weighted by atomic mass is 10.2. The Morgan fingerprint density at radius 3 is 2.71 bits per heavy atom. The molecule has 1 rings (SSSR count). The fraction of sp³-hybridized carbons (Fsp3) is 0.500. The number of hydrogen-bond acceptors (Lipinski definition) is 5. The molecule has 0 saturated carbocycles. The Morgan fingerprint density at radius 1 is 1.53 bits per heavy atom. The van der Waals surface area contributed by atoms with Crippen molar-refractivity contribution in [2.75, 3.05) is 11.2 Å². The number of hydrogen-bond donors (Lipinski definition) is 1. The van der Waals surface area contributed by atoms with Crippen LogP contribution in [-0.4, -0.2) is 28.3 Å². The highest BCUT2D eigenvalue weighted by Gasteiger charge is 2.18. The molecule has 0 spiro atoms. The molecule has 17 heavy (non-hydrogen) atoms. The van der Waals surface area contributed by atoms with Crippen LogP contribution in [-0.2, 0) is 4.74 Å². The molecule has 0 unspecified atom stereocenters. The van der Waals surface area contributed by atoms with Crippen molar-refractivity contribution in [3.63, 3.8) is 0 Å². The molecule has 0 atom stereocenters. The van der Waals surface area contributed by atoms with Crippen molar-refractivity contribution in [2.24, 2.45) is 0 Å². The zero-order chi connectivity index (χ0) is 13.1. The normalized spacial score (nSPS) is 11.1. The van der Waals surface area contributed by atoms with Gasteiger partial charge in [0.05, 0.1) is 5.88 Å². The predicted molar refractivity (Wildman–Crippen MR) is 67.0 cm³/mol. The van der Waals surface area contributed by atoms with Gasteiger partial charge in [0.15, 0.2) is 10.9 Å². The molecule has 7 heteroatoms. The van der Waals surface area contributed by atoms with Gasteiger partial charge in [0.25, 0.3) is 0 Å². The lowest BCUT2D eigenvalue weighted by Crippen LogP contribution is -2.27. The number of Topliss-reactive ketones (excluding diaryl/α,β-unsaturated/α-hetero) is 1. The smallest absolute Gasteiger partial charge is 0.413 e. The number of amides is 1.